The van der Waals surface area contributed by atoms with E-state index < -0.39 is 0 Å². The molecule has 3 aromatic rings. The van der Waals surface area contributed by atoms with Crippen molar-refractivity contribution in [2.45, 2.75) is 6.92 Å². The van der Waals surface area contributed by atoms with E-state index >= 15 is 0 Å². The Kier molecular flexibility index (Phi) is 3.84. The molecule has 0 spiro atoms. The summed E-state index contributed by atoms with van der Waals surface area (Å²) in [4.78, 5) is 12.7. The van der Waals surface area contributed by atoms with Crippen molar-refractivity contribution in [1.29, 1.82) is 0 Å². The number of rotatable bonds is 4. The molecule has 0 aliphatic carbocycles. The lowest BCUT2D eigenvalue weighted by Gasteiger charge is -2.08. The second-order valence-electron chi connectivity index (χ2n) is 5.06. The topological polar surface area (TPSA) is 87.6 Å². The maximum absolute atomic E-state index is 5.86. The molecule has 0 unspecified atom stereocenters. The number of benzene rings is 1. The SMILES string of the molecule is CO/N=C/c1c(N)ncnc1Oc1ccc2c(c1)cc(C)n2C. The van der Waals surface area contributed by atoms with Gasteiger partial charge < -0.3 is 19.9 Å². The number of oxime groups is 1. The van der Waals surface area contributed by atoms with Crippen molar-refractivity contribution in [3.8, 4) is 11.6 Å². The quantitative estimate of drug-likeness (QED) is 0.591. The maximum Gasteiger partial charge on any atom is 0.233 e. The molecule has 0 radical (unpaired) electrons. The minimum absolute atomic E-state index is 0.271. The average molecular weight is 311 g/mol. The maximum atomic E-state index is 5.86. The normalized spacial score (nSPS) is 11.3. The molecule has 0 saturated heterocycles. The first-order valence-electron chi connectivity index (χ1n) is 7.01. The van der Waals surface area contributed by atoms with E-state index in [9.17, 15) is 0 Å². The van der Waals surface area contributed by atoms with Crippen LogP contribution in [0.15, 0.2) is 35.7 Å². The van der Waals surface area contributed by atoms with Crippen molar-refractivity contribution in [2.24, 2.45) is 12.2 Å². The third kappa shape index (κ3) is 2.80. The molecule has 0 saturated carbocycles. The summed E-state index contributed by atoms with van der Waals surface area (Å²) in [5.41, 5.74) is 8.63. The lowest BCUT2D eigenvalue weighted by molar-refractivity contribution is 0.215. The predicted molar refractivity (Wildman–Crippen MR) is 88.8 cm³/mol. The summed E-state index contributed by atoms with van der Waals surface area (Å²) in [6, 6.07) is 7.95. The monoisotopic (exact) mass is 311 g/mol. The second kappa shape index (κ2) is 5.96. The van der Waals surface area contributed by atoms with Gasteiger partial charge in [-0.15, -0.1) is 0 Å². The first-order chi connectivity index (χ1) is 11.1. The summed E-state index contributed by atoms with van der Waals surface area (Å²) < 4.78 is 7.98. The smallest absolute Gasteiger partial charge is 0.233 e. The van der Waals surface area contributed by atoms with Gasteiger partial charge in [-0.05, 0) is 31.2 Å². The van der Waals surface area contributed by atoms with Crippen LogP contribution in [0.25, 0.3) is 10.9 Å². The summed E-state index contributed by atoms with van der Waals surface area (Å²) >= 11 is 0. The molecule has 0 amide bonds. The number of ether oxygens (including phenoxy) is 1. The van der Waals surface area contributed by atoms with Crippen LogP contribution in [-0.4, -0.2) is 27.9 Å². The first kappa shape index (κ1) is 14.8. The number of fused-ring (bicyclic) bond motifs is 1. The van der Waals surface area contributed by atoms with E-state index in [0.717, 1.165) is 10.9 Å². The zero-order valence-electron chi connectivity index (χ0n) is 13.1. The van der Waals surface area contributed by atoms with E-state index in [1.807, 2.05) is 25.2 Å². The fourth-order valence-corrected chi connectivity index (χ4v) is 2.34. The van der Waals surface area contributed by atoms with Crippen LogP contribution in [0.4, 0.5) is 5.82 Å². The van der Waals surface area contributed by atoms with E-state index in [2.05, 4.69) is 37.5 Å². The van der Waals surface area contributed by atoms with E-state index in [1.165, 1.54) is 25.3 Å². The Morgan fingerprint density at radius 1 is 1.26 bits per heavy atom. The van der Waals surface area contributed by atoms with Gasteiger partial charge in [-0.1, -0.05) is 5.16 Å². The molecule has 2 N–H and O–H groups in total. The van der Waals surface area contributed by atoms with Crippen LogP contribution in [0.5, 0.6) is 11.6 Å². The van der Waals surface area contributed by atoms with E-state index in [1.54, 1.807) is 0 Å². The number of aryl methyl sites for hydroxylation is 2. The van der Waals surface area contributed by atoms with Crippen LogP contribution >= 0.6 is 0 Å². The average Bonchev–Trinajstić information content (AvgIpc) is 2.81. The minimum Gasteiger partial charge on any atom is -0.438 e. The van der Waals surface area contributed by atoms with Crippen LogP contribution < -0.4 is 10.5 Å². The minimum atomic E-state index is 0.271. The number of nitrogens with two attached hydrogens (primary N) is 1. The highest BCUT2D eigenvalue weighted by molar-refractivity contribution is 5.88. The number of nitrogens with zero attached hydrogens (tertiary/aromatic N) is 4. The number of hydrogen-bond donors (Lipinski definition) is 1. The number of nitrogen functional groups attached to an aromatic ring is 1. The first-order valence-corrected chi connectivity index (χ1v) is 7.01. The molecule has 118 valence electrons. The van der Waals surface area contributed by atoms with Gasteiger partial charge in [-0.25, -0.2) is 9.97 Å². The Bertz CT molecular complexity index is 886. The van der Waals surface area contributed by atoms with Crippen LogP contribution in [-0.2, 0) is 11.9 Å². The molecule has 0 atom stereocenters. The predicted octanol–water partition coefficient (Wildman–Crippen LogP) is 2.63. The molecule has 0 aliphatic rings. The third-order valence-electron chi connectivity index (χ3n) is 3.63. The van der Waals surface area contributed by atoms with Crippen LogP contribution in [0.3, 0.4) is 0 Å². The van der Waals surface area contributed by atoms with Crippen molar-refractivity contribution in [2.75, 3.05) is 12.8 Å². The fourth-order valence-electron chi connectivity index (χ4n) is 2.34. The van der Waals surface area contributed by atoms with Crippen molar-refractivity contribution in [1.82, 2.24) is 14.5 Å². The van der Waals surface area contributed by atoms with Gasteiger partial charge in [0.05, 0.1) is 6.21 Å². The Balaban J connectivity index is 1.99. The lowest BCUT2D eigenvalue weighted by Crippen LogP contribution is -2.02. The van der Waals surface area contributed by atoms with Gasteiger partial charge in [-0.2, -0.15) is 0 Å². The van der Waals surface area contributed by atoms with Gasteiger partial charge in [0.2, 0.25) is 5.88 Å². The Labute approximate surface area is 133 Å². The summed E-state index contributed by atoms with van der Waals surface area (Å²) in [7, 11) is 3.48. The molecular weight excluding hydrogens is 294 g/mol. The van der Waals surface area contributed by atoms with E-state index in [4.69, 9.17) is 10.5 Å². The molecule has 1 aromatic carbocycles. The molecule has 2 aromatic heterocycles. The van der Waals surface area contributed by atoms with Crippen LogP contribution in [0.1, 0.15) is 11.3 Å². The highest BCUT2D eigenvalue weighted by atomic mass is 16.6. The largest absolute Gasteiger partial charge is 0.438 e. The van der Waals surface area contributed by atoms with Crippen molar-refractivity contribution in [3.63, 3.8) is 0 Å². The standard InChI is InChI=1S/C16H17N5O2/c1-10-6-11-7-12(4-5-14(11)21(10)2)23-16-13(8-20-22-3)15(17)18-9-19-16/h4-9H,1-3H3,(H2,17,18,19)/b20-8+. The molecule has 23 heavy (non-hydrogen) atoms. The zero-order valence-corrected chi connectivity index (χ0v) is 13.1. The molecule has 0 aliphatic heterocycles. The van der Waals surface area contributed by atoms with Gasteiger partial charge >= 0.3 is 0 Å². The van der Waals surface area contributed by atoms with Crippen molar-refractivity contribution < 1.29 is 9.57 Å². The second-order valence-corrected chi connectivity index (χ2v) is 5.06. The van der Waals surface area contributed by atoms with Gasteiger partial charge in [0, 0.05) is 23.6 Å². The summed E-state index contributed by atoms with van der Waals surface area (Å²) in [6.07, 6.45) is 2.77. The molecule has 2 heterocycles. The summed E-state index contributed by atoms with van der Waals surface area (Å²) in [6.45, 7) is 2.06. The Morgan fingerprint density at radius 2 is 2.09 bits per heavy atom. The van der Waals surface area contributed by atoms with Gasteiger partial charge in [0.25, 0.3) is 0 Å². The van der Waals surface area contributed by atoms with Gasteiger partial charge in [0.15, 0.2) is 0 Å². The highest BCUT2D eigenvalue weighted by Gasteiger charge is 2.11. The third-order valence-corrected chi connectivity index (χ3v) is 3.63. The number of hydrogen-bond acceptors (Lipinski definition) is 6. The van der Waals surface area contributed by atoms with Crippen LogP contribution in [0.2, 0.25) is 0 Å². The molecule has 7 nitrogen and oxygen atoms in total. The molecular formula is C16H17N5O2. The van der Waals surface area contributed by atoms with Gasteiger partial charge in [-0.3, -0.25) is 0 Å². The van der Waals surface area contributed by atoms with Crippen molar-refractivity contribution in [3.05, 3.63) is 41.9 Å². The summed E-state index contributed by atoms with van der Waals surface area (Å²) in [5, 5.41) is 4.80. The van der Waals surface area contributed by atoms with Crippen LogP contribution in [0, 0.1) is 6.92 Å². The van der Waals surface area contributed by atoms with E-state index in [0.29, 0.717) is 17.2 Å². The molecule has 0 bridgehead atoms. The summed E-state index contributed by atoms with van der Waals surface area (Å²) in [5.74, 6) is 1.26. The molecule has 0 fully saturated rings. The van der Waals surface area contributed by atoms with Crippen molar-refractivity contribution >= 4 is 22.9 Å². The number of aromatic nitrogens is 3. The Hall–Kier alpha value is -3.09. The lowest BCUT2D eigenvalue weighted by atomic mass is 10.2. The van der Waals surface area contributed by atoms with Gasteiger partial charge in [0.1, 0.15) is 30.6 Å². The Morgan fingerprint density at radius 3 is 2.87 bits per heavy atom. The number of anilines is 1. The highest BCUT2D eigenvalue weighted by Crippen LogP contribution is 2.28. The van der Waals surface area contributed by atoms with E-state index in [-0.39, 0.29) is 5.82 Å². The zero-order chi connectivity index (χ0) is 16.4. The fraction of sp³-hybridized carbons (Fsp3) is 0.188. The molecule has 3 rings (SSSR count). The molecule has 7 heteroatoms.